The normalized spacial score (nSPS) is 14.5. The van der Waals surface area contributed by atoms with Crippen molar-refractivity contribution in [3.63, 3.8) is 0 Å². The maximum atomic E-state index is 14.1. The summed E-state index contributed by atoms with van der Waals surface area (Å²) < 4.78 is 73.5. The molecular formula is C31H31Cl2F2N3O5S. The zero-order valence-electron chi connectivity index (χ0n) is 24.1. The highest BCUT2D eigenvalue weighted by Gasteiger charge is 2.25. The number of benzene rings is 3. The monoisotopic (exact) mass is 665 g/mol. The van der Waals surface area contributed by atoms with Gasteiger partial charge in [-0.2, -0.15) is 0 Å². The lowest BCUT2D eigenvalue weighted by molar-refractivity contribution is 0.176. The molecule has 4 aromatic rings. The topological polar surface area (TPSA) is 90.0 Å². The number of hydrogen-bond donors (Lipinski definition) is 1. The Labute approximate surface area is 264 Å². The number of sulfonamides is 1. The SMILES string of the molecule is COc1cc2c(Oc3c(Cl)cc(NS(=O)(=O)c4c(F)cccc4F)cc3Cl)ccnc2cc1OCCCN1CCC(C)CC1. The van der Waals surface area contributed by atoms with Crippen LogP contribution < -0.4 is 18.9 Å². The summed E-state index contributed by atoms with van der Waals surface area (Å²) in [6.07, 6.45) is 4.89. The molecule has 0 amide bonds. The molecule has 2 heterocycles. The Morgan fingerprint density at radius 1 is 1.00 bits per heavy atom. The molecule has 0 bridgehead atoms. The molecule has 0 radical (unpaired) electrons. The van der Waals surface area contributed by atoms with E-state index in [0.29, 0.717) is 34.8 Å². The number of fused-ring (bicyclic) bond motifs is 1. The van der Waals surface area contributed by atoms with Gasteiger partial charge in [0.2, 0.25) is 0 Å². The van der Waals surface area contributed by atoms with Gasteiger partial charge < -0.3 is 19.1 Å². The molecule has 1 fully saturated rings. The highest BCUT2D eigenvalue weighted by atomic mass is 35.5. The number of ether oxygens (including phenoxy) is 3. The highest BCUT2D eigenvalue weighted by molar-refractivity contribution is 7.92. The van der Waals surface area contributed by atoms with Crippen LogP contribution in [-0.4, -0.2) is 51.7 Å². The van der Waals surface area contributed by atoms with Gasteiger partial charge in [-0.15, -0.1) is 0 Å². The summed E-state index contributed by atoms with van der Waals surface area (Å²) >= 11 is 12.9. The number of likely N-dealkylation sites (tertiary alicyclic amines) is 1. The van der Waals surface area contributed by atoms with E-state index >= 15 is 0 Å². The van der Waals surface area contributed by atoms with Crippen molar-refractivity contribution >= 4 is 49.8 Å². The van der Waals surface area contributed by atoms with E-state index in [-0.39, 0.29) is 21.5 Å². The molecule has 0 unspecified atom stereocenters. The van der Waals surface area contributed by atoms with Crippen LogP contribution in [0.3, 0.4) is 0 Å². The summed E-state index contributed by atoms with van der Waals surface area (Å²) in [5, 5.41) is 0.486. The molecule has 3 aromatic carbocycles. The van der Waals surface area contributed by atoms with Crippen molar-refractivity contribution in [2.24, 2.45) is 5.92 Å². The molecule has 1 saturated heterocycles. The molecule has 1 N–H and O–H groups in total. The fraction of sp³-hybridized carbons (Fsp3) is 0.323. The van der Waals surface area contributed by atoms with Crippen molar-refractivity contribution in [1.82, 2.24) is 9.88 Å². The summed E-state index contributed by atoms with van der Waals surface area (Å²) in [7, 11) is -3.09. The van der Waals surface area contributed by atoms with Crippen molar-refractivity contribution < 1.29 is 31.4 Å². The van der Waals surface area contributed by atoms with Crippen molar-refractivity contribution in [3.8, 4) is 23.0 Å². The maximum Gasteiger partial charge on any atom is 0.267 e. The number of pyridine rings is 1. The van der Waals surface area contributed by atoms with Crippen molar-refractivity contribution in [2.45, 2.75) is 31.1 Å². The van der Waals surface area contributed by atoms with Gasteiger partial charge in [-0.25, -0.2) is 17.2 Å². The molecule has 0 atom stereocenters. The largest absolute Gasteiger partial charge is 0.493 e. The van der Waals surface area contributed by atoms with E-state index in [1.807, 2.05) is 0 Å². The summed E-state index contributed by atoms with van der Waals surface area (Å²) in [5.74, 6) is -0.264. The second-order valence-electron chi connectivity index (χ2n) is 10.6. The van der Waals surface area contributed by atoms with Gasteiger partial charge >= 0.3 is 0 Å². The highest BCUT2D eigenvalue weighted by Crippen LogP contribution is 2.42. The average molecular weight is 667 g/mol. The molecule has 0 spiro atoms. The second-order valence-corrected chi connectivity index (χ2v) is 13.0. The number of aromatic nitrogens is 1. The summed E-state index contributed by atoms with van der Waals surface area (Å²) in [4.78, 5) is 5.79. The zero-order valence-corrected chi connectivity index (χ0v) is 26.4. The molecule has 1 aliphatic heterocycles. The number of piperidine rings is 1. The molecule has 1 aliphatic rings. The molecule has 0 aliphatic carbocycles. The van der Waals surface area contributed by atoms with E-state index in [1.165, 1.54) is 25.0 Å². The van der Waals surface area contributed by atoms with Gasteiger partial charge in [-0.05, 0) is 74.7 Å². The molecule has 1 aromatic heterocycles. The first-order chi connectivity index (χ1) is 21.1. The summed E-state index contributed by atoms with van der Waals surface area (Å²) in [5.41, 5.74) is 0.458. The number of nitrogens with zero attached hydrogens (tertiary/aromatic N) is 2. The third-order valence-electron chi connectivity index (χ3n) is 7.39. The first kappa shape index (κ1) is 32.0. The second kappa shape index (κ2) is 13.7. The Hall–Kier alpha value is -3.38. The lowest BCUT2D eigenvalue weighted by Crippen LogP contribution is -2.34. The molecule has 5 rings (SSSR count). The van der Waals surface area contributed by atoms with E-state index in [0.717, 1.165) is 50.2 Å². The Morgan fingerprint density at radius 2 is 1.68 bits per heavy atom. The number of halogens is 4. The fourth-order valence-electron chi connectivity index (χ4n) is 5.02. The van der Waals surface area contributed by atoms with Crippen molar-refractivity contribution in [3.05, 3.63) is 76.4 Å². The van der Waals surface area contributed by atoms with Crippen LogP contribution >= 0.6 is 23.2 Å². The summed E-state index contributed by atoms with van der Waals surface area (Å²) in [6, 6.07) is 10.3. The third-order valence-corrected chi connectivity index (χ3v) is 9.38. The van der Waals surface area contributed by atoms with E-state index in [2.05, 4.69) is 21.5 Å². The Balaban J connectivity index is 1.32. The minimum Gasteiger partial charge on any atom is -0.493 e. The van der Waals surface area contributed by atoms with Crippen molar-refractivity contribution in [1.29, 1.82) is 0 Å². The van der Waals surface area contributed by atoms with Crippen molar-refractivity contribution in [2.75, 3.05) is 38.1 Å². The standard InChI is InChI=1S/C31H31Cl2F2N3O5S/c1-19-8-12-38(13-9-19)11-4-14-42-29-18-26-21(17-28(29)41-2)27(7-10-36-26)43-30-22(32)15-20(16-23(30)33)37-44(39,40)31-24(34)5-3-6-25(31)35/h3,5-7,10,15-19,37H,4,8-9,11-14H2,1-2H3. The van der Waals surface area contributed by atoms with Crippen LogP contribution in [0.1, 0.15) is 26.2 Å². The van der Waals surface area contributed by atoms with Gasteiger partial charge in [-0.1, -0.05) is 36.2 Å². The lowest BCUT2D eigenvalue weighted by Gasteiger charge is -2.30. The van der Waals surface area contributed by atoms with Gasteiger partial charge in [0.05, 0.1) is 35.0 Å². The zero-order chi connectivity index (χ0) is 31.4. The van der Waals surface area contributed by atoms with E-state index in [9.17, 15) is 17.2 Å². The van der Waals surface area contributed by atoms with Gasteiger partial charge in [0.25, 0.3) is 10.0 Å². The number of methoxy groups -OCH3 is 1. The number of anilines is 1. The maximum absolute atomic E-state index is 14.1. The van der Waals surface area contributed by atoms with E-state index in [4.69, 9.17) is 37.4 Å². The molecule has 44 heavy (non-hydrogen) atoms. The predicted molar refractivity (Wildman–Crippen MR) is 167 cm³/mol. The molecule has 8 nitrogen and oxygen atoms in total. The van der Waals surface area contributed by atoms with Crippen LogP contribution in [0, 0.1) is 17.6 Å². The minimum atomic E-state index is -4.63. The Morgan fingerprint density at radius 3 is 2.34 bits per heavy atom. The van der Waals surface area contributed by atoms with E-state index in [1.54, 1.807) is 31.5 Å². The average Bonchev–Trinajstić information content (AvgIpc) is 2.97. The van der Waals surface area contributed by atoms with Gasteiger partial charge in [0, 0.05) is 24.2 Å². The van der Waals surface area contributed by atoms with Crippen LogP contribution in [0.2, 0.25) is 10.0 Å². The Bertz CT molecular complexity index is 1730. The number of hydrogen-bond acceptors (Lipinski definition) is 7. The van der Waals surface area contributed by atoms with E-state index < -0.39 is 26.6 Å². The van der Waals surface area contributed by atoms with Crippen LogP contribution in [0.4, 0.5) is 14.5 Å². The first-order valence-electron chi connectivity index (χ1n) is 14.0. The van der Waals surface area contributed by atoms with Crippen LogP contribution in [0.5, 0.6) is 23.0 Å². The molecule has 0 saturated carbocycles. The first-order valence-corrected chi connectivity index (χ1v) is 16.2. The number of rotatable bonds is 11. The van der Waals surface area contributed by atoms with Gasteiger partial charge in [0.15, 0.2) is 22.1 Å². The van der Waals surface area contributed by atoms with Crippen LogP contribution in [0.25, 0.3) is 10.9 Å². The molecular weight excluding hydrogens is 635 g/mol. The fourth-order valence-corrected chi connectivity index (χ4v) is 6.76. The smallest absolute Gasteiger partial charge is 0.267 e. The van der Waals surface area contributed by atoms with Crippen LogP contribution in [-0.2, 0) is 10.0 Å². The minimum absolute atomic E-state index is 0.0345. The third kappa shape index (κ3) is 7.28. The van der Waals surface area contributed by atoms with Crippen LogP contribution in [0.15, 0.2) is 59.6 Å². The van der Waals surface area contributed by atoms with Gasteiger partial charge in [0.1, 0.15) is 17.4 Å². The molecule has 234 valence electrons. The quantitative estimate of drug-likeness (QED) is 0.163. The predicted octanol–water partition coefficient (Wildman–Crippen LogP) is 7.92. The summed E-state index contributed by atoms with van der Waals surface area (Å²) in [6.45, 7) is 6.03. The lowest BCUT2D eigenvalue weighted by atomic mass is 9.99. The number of nitrogens with one attached hydrogen (secondary N) is 1. The van der Waals surface area contributed by atoms with Gasteiger partial charge in [-0.3, -0.25) is 9.71 Å². The Kier molecular flexibility index (Phi) is 9.99. The molecule has 13 heteroatoms.